The van der Waals surface area contributed by atoms with Crippen molar-refractivity contribution >= 4 is 5.91 Å². The molecule has 0 spiro atoms. The van der Waals surface area contributed by atoms with Crippen LogP contribution in [0.3, 0.4) is 0 Å². The van der Waals surface area contributed by atoms with Crippen LogP contribution in [0.5, 0.6) is 0 Å². The normalized spacial score (nSPS) is 12.4. The zero-order valence-electron chi connectivity index (χ0n) is 11.1. The summed E-state index contributed by atoms with van der Waals surface area (Å²) in [4.78, 5) is 13.6. The predicted octanol–water partition coefficient (Wildman–Crippen LogP) is 1.01. The lowest BCUT2D eigenvalue weighted by atomic mass is 10.2. The molecule has 1 aromatic carbocycles. The number of aliphatic hydroxyl groups excluding tert-OH is 1. The highest BCUT2D eigenvalue weighted by molar-refractivity contribution is 5.77. The van der Waals surface area contributed by atoms with Gasteiger partial charge >= 0.3 is 0 Å². The predicted molar refractivity (Wildman–Crippen MR) is 72.1 cm³/mol. The average Bonchev–Trinajstić information content (AvgIpc) is 2.29. The molecule has 1 unspecified atom stereocenters. The van der Waals surface area contributed by atoms with Crippen LogP contribution < -0.4 is 5.32 Å². The SMILES string of the molecule is CC(O)CCNC(=O)CN(C)Cc1ccccc1. The summed E-state index contributed by atoms with van der Waals surface area (Å²) in [6, 6.07) is 10.0. The molecule has 2 N–H and O–H groups in total. The highest BCUT2D eigenvalue weighted by atomic mass is 16.3. The summed E-state index contributed by atoms with van der Waals surface area (Å²) in [5.41, 5.74) is 1.19. The van der Waals surface area contributed by atoms with Gasteiger partial charge in [-0.3, -0.25) is 9.69 Å². The number of amides is 1. The smallest absolute Gasteiger partial charge is 0.234 e. The largest absolute Gasteiger partial charge is 0.393 e. The number of carbonyl (C=O) groups is 1. The van der Waals surface area contributed by atoms with Crippen LogP contribution in [0.4, 0.5) is 0 Å². The van der Waals surface area contributed by atoms with Gasteiger partial charge in [-0.2, -0.15) is 0 Å². The third kappa shape index (κ3) is 6.37. The number of aliphatic hydroxyl groups is 1. The Hall–Kier alpha value is -1.39. The molecule has 0 aliphatic carbocycles. The molecule has 0 aliphatic heterocycles. The van der Waals surface area contributed by atoms with Gasteiger partial charge in [0.05, 0.1) is 12.6 Å². The van der Waals surface area contributed by atoms with Crippen LogP contribution in [0.1, 0.15) is 18.9 Å². The lowest BCUT2D eigenvalue weighted by Crippen LogP contribution is -2.36. The van der Waals surface area contributed by atoms with Crippen LogP contribution >= 0.6 is 0 Å². The molecule has 0 radical (unpaired) electrons. The van der Waals surface area contributed by atoms with Crippen molar-refractivity contribution in [2.24, 2.45) is 0 Å². The molecule has 0 saturated heterocycles. The van der Waals surface area contributed by atoms with E-state index in [0.29, 0.717) is 19.5 Å². The Morgan fingerprint density at radius 3 is 2.67 bits per heavy atom. The summed E-state index contributed by atoms with van der Waals surface area (Å²) >= 11 is 0. The van der Waals surface area contributed by atoms with E-state index in [9.17, 15) is 4.79 Å². The summed E-state index contributed by atoms with van der Waals surface area (Å²) in [5.74, 6) is -0.00548. The Labute approximate surface area is 109 Å². The number of likely N-dealkylation sites (N-methyl/N-ethyl adjacent to an activating group) is 1. The lowest BCUT2D eigenvalue weighted by Gasteiger charge is -2.16. The number of nitrogens with zero attached hydrogens (tertiary/aromatic N) is 1. The zero-order chi connectivity index (χ0) is 13.4. The molecule has 1 rings (SSSR count). The van der Waals surface area contributed by atoms with Crippen molar-refractivity contribution in [1.82, 2.24) is 10.2 Å². The Morgan fingerprint density at radius 1 is 1.39 bits per heavy atom. The van der Waals surface area contributed by atoms with Crippen molar-refractivity contribution in [1.29, 1.82) is 0 Å². The summed E-state index contributed by atoms with van der Waals surface area (Å²) < 4.78 is 0. The maximum absolute atomic E-state index is 11.6. The lowest BCUT2D eigenvalue weighted by molar-refractivity contribution is -0.122. The number of carbonyl (C=O) groups excluding carboxylic acids is 1. The summed E-state index contributed by atoms with van der Waals surface area (Å²) in [5, 5.41) is 11.9. The molecular weight excluding hydrogens is 228 g/mol. The van der Waals surface area contributed by atoms with Gasteiger partial charge in [0.2, 0.25) is 5.91 Å². The molecule has 4 heteroatoms. The molecule has 4 nitrogen and oxygen atoms in total. The van der Waals surface area contributed by atoms with Crippen molar-refractivity contribution in [2.75, 3.05) is 20.1 Å². The monoisotopic (exact) mass is 250 g/mol. The fraction of sp³-hybridized carbons (Fsp3) is 0.500. The number of hydrogen-bond donors (Lipinski definition) is 2. The minimum absolute atomic E-state index is 0.00548. The van der Waals surface area contributed by atoms with E-state index >= 15 is 0 Å². The van der Waals surface area contributed by atoms with Crippen molar-refractivity contribution < 1.29 is 9.90 Å². The van der Waals surface area contributed by atoms with Gasteiger partial charge < -0.3 is 10.4 Å². The third-order valence-electron chi connectivity index (χ3n) is 2.59. The van der Waals surface area contributed by atoms with Crippen LogP contribution in [0, 0.1) is 0 Å². The summed E-state index contributed by atoms with van der Waals surface area (Å²) in [6.45, 7) is 3.36. The Kier molecular flexibility index (Phi) is 6.39. The number of nitrogens with one attached hydrogen (secondary N) is 1. The minimum atomic E-state index is -0.368. The first-order valence-corrected chi connectivity index (χ1v) is 6.25. The quantitative estimate of drug-likeness (QED) is 0.759. The van der Waals surface area contributed by atoms with Crippen molar-refractivity contribution in [3.63, 3.8) is 0 Å². The second kappa shape index (κ2) is 7.84. The van der Waals surface area contributed by atoms with Crippen molar-refractivity contribution in [3.05, 3.63) is 35.9 Å². The van der Waals surface area contributed by atoms with Gasteiger partial charge in [-0.05, 0) is 26.0 Å². The van der Waals surface area contributed by atoms with E-state index in [1.165, 1.54) is 5.56 Å². The van der Waals surface area contributed by atoms with Crippen LogP contribution in [-0.4, -0.2) is 42.2 Å². The molecular formula is C14H22N2O2. The number of rotatable bonds is 7. The second-order valence-corrected chi connectivity index (χ2v) is 4.65. The molecule has 1 aromatic rings. The van der Waals surface area contributed by atoms with Crippen LogP contribution in [-0.2, 0) is 11.3 Å². The first kappa shape index (κ1) is 14.7. The Morgan fingerprint density at radius 2 is 2.06 bits per heavy atom. The zero-order valence-corrected chi connectivity index (χ0v) is 11.1. The van der Waals surface area contributed by atoms with Gasteiger partial charge in [0.1, 0.15) is 0 Å². The van der Waals surface area contributed by atoms with Gasteiger partial charge in [-0.25, -0.2) is 0 Å². The van der Waals surface area contributed by atoms with Crippen molar-refractivity contribution in [3.8, 4) is 0 Å². The highest BCUT2D eigenvalue weighted by Crippen LogP contribution is 2.01. The number of hydrogen-bond acceptors (Lipinski definition) is 3. The van der Waals surface area contributed by atoms with Gasteiger partial charge in [0.25, 0.3) is 0 Å². The first-order chi connectivity index (χ1) is 8.58. The summed E-state index contributed by atoms with van der Waals surface area (Å²) in [7, 11) is 1.92. The maximum atomic E-state index is 11.6. The van der Waals surface area contributed by atoms with E-state index in [-0.39, 0.29) is 12.0 Å². The molecule has 0 fully saturated rings. The maximum Gasteiger partial charge on any atom is 0.234 e. The van der Waals surface area contributed by atoms with Gasteiger partial charge in [0.15, 0.2) is 0 Å². The van der Waals surface area contributed by atoms with Gasteiger partial charge in [0, 0.05) is 13.1 Å². The van der Waals surface area contributed by atoms with Gasteiger partial charge in [-0.15, -0.1) is 0 Å². The van der Waals surface area contributed by atoms with Crippen LogP contribution in [0.25, 0.3) is 0 Å². The molecule has 1 amide bonds. The molecule has 0 aliphatic rings. The molecule has 1 atom stereocenters. The fourth-order valence-corrected chi connectivity index (χ4v) is 1.67. The average molecular weight is 250 g/mol. The summed E-state index contributed by atoms with van der Waals surface area (Å²) in [6.07, 6.45) is 0.223. The van der Waals surface area contributed by atoms with E-state index in [1.807, 2.05) is 42.3 Å². The van der Waals surface area contributed by atoms with Crippen LogP contribution in [0.15, 0.2) is 30.3 Å². The molecule has 100 valence electrons. The van der Waals surface area contributed by atoms with E-state index in [1.54, 1.807) is 6.92 Å². The molecule has 0 saturated carbocycles. The standard InChI is InChI=1S/C14H22N2O2/c1-12(17)8-9-15-14(18)11-16(2)10-13-6-4-3-5-7-13/h3-7,12,17H,8-11H2,1-2H3,(H,15,18). The Bertz CT molecular complexity index is 352. The molecule has 0 bridgehead atoms. The third-order valence-corrected chi connectivity index (χ3v) is 2.59. The highest BCUT2D eigenvalue weighted by Gasteiger charge is 2.06. The van der Waals surface area contributed by atoms with E-state index in [4.69, 9.17) is 5.11 Å². The van der Waals surface area contributed by atoms with Crippen LogP contribution in [0.2, 0.25) is 0 Å². The number of benzene rings is 1. The van der Waals surface area contributed by atoms with E-state index in [0.717, 1.165) is 6.54 Å². The second-order valence-electron chi connectivity index (χ2n) is 4.65. The van der Waals surface area contributed by atoms with Crippen molar-refractivity contribution in [2.45, 2.75) is 26.0 Å². The molecule has 18 heavy (non-hydrogen) atoms. The van der Waals surface area contributed by atoms with Gasteiger partial charge in [-0.1, -0.05) is 30.3 Å². The first-order valence-electron chi connectivity index (χ1n) is 6.25. The topological polar surface area (TPSA) is 52.6 Å². The fourth-order valence-electron chi connectivity index (χ4n) is 1.67. The molecule has 0 heterocycles. The van der Waals surface area contributed by atoms with E-state index < -0.39 is 0 Å². The molecule has 0 aromatic heterocycles. The van der Waals surface area contributed by atoms with E-state index in [2.05, 4.69) is 5.32 Å². The minimum Gasteiger partial charge on any atom is -0.393 e. The Balaban J connectivity index is 2.23.